The molecule has 0 spiro atoms. The molecule has 144 valence electrons. The van der Waals surface area contributed by atoms with E-state index in [-0.39, 0.29) is 11.8 Å². The average Bonchev–Trinajstić information content (AvgIpc) is 2.66. The molecule has 0 atom stereocenters. The summed E-state index contributed by atoms with van der Waals surface area (Å²) >= 11 is 0. The number of benzene rings is 1. The number of anilines is 2. The molecular weight excluding hydrogens is 357 g/mol. The second-order valence-electron chi connectivity index (χ2n) is 6.01. The molecule has 1 aromatic heterocycles. The summed E-state index contributed by atoms with van der Waals surface area (Å²) in [6.45, 7) is 2.44. The van der Waals surface area contributed by atoms with E-state index in [2.05, 4.69) is 16.9 Å². The molecule has 0 saturated heterocycles. The molecule has 0 fully saturated rings. The fourth-order valence-electron chi connectivity index (χ4n) is 2.46. The number of hydrogen-bond acceptors (Lipinski definition) is 5. The number of aromatic nitrogens is 2. The van der Waals surface area contributed by atoms with Gasteiger partial charge in [0.15, 0.2) is 5.82 Å². The summed E-state index contributed by atoms with van der Waals surface area (Å²) in [5.41, 5.74) is -0.0678. The Bertz CT molecular complexity index is 785. The van der Waals surface area contributed by atoms with Gasteiger partial charge in [-0.15, -0.1) is 0 Å². The number of alkyl halides is 3. The molecule has 0 radical (unpaired) electrons. The van der Waals surface area contributed by atoms with Crippen molar-refractivity contribution in [3.8, 4) is 12.1 Å². The van der Waals surface area contributed by atoms with Crippen LogP contribution in [-0.2, 0) is 6.18 Å². The fourth-order valence-corrected chi connectivity index (χ4v) is 2.46. The van der Waals surface area contributed by atoms with E-state index in [0.717, 1.165) is 31.9 Å². The summed E-state index contributed by atoms with van der Waals surface area (Å²) in [7, 11) is 1.48. The number of rotatable bonds is 8. The Kier molecular flexibility index (Phi) is 6.99. The van der Waals surface area contributed by atoms with E-state index >= 15 is 0 Å². The Morgan fingerprint density at radius 3 is 2.44 bits per heavy atom. The fraction of sp³-hybridized carbons (Fsp3) is 0.421. The van der Waals surface area contributed by atoms with Gasteiger partial charge in [-0.3, -0.25) is 0 Å². The minimum Gasteiger partial charge on any atom is -0.463 e. The van der Waals surface area contributed by atoms with Gasteiger partial charge in [-0.2, -0.15) is 23.4 Å². The molecule has 0 saturated carbocycles. The predicted octanol–water partition coefficient (Wildman–Crippen LogP) is 5.09. The first-order valence-electron chi connectivity index (χ1n) is 8.67. The van der Waals surface area contributed by atoms with Crippen LogP contribution < -0.4 is 9.64 Å². The second-order valence-corrected chi connectivity index (χ2v) is 6.01. The third kappa shape index (κ3) is 5.58. The lowest BCUT2D eigenvalue weighted by atomic mass is 10.2. The van der Waals surface area contributed by atoms with Gasteiger partial charge < -0.3 is 9.64 Å². The standard InChI is InChI=1S/C19H21F3N4O/c1-3-4-5-6-11-27-18-24-13-16(19(20,21)22)17(25-18)26(2)15-9-7-14(12-23)8-10-15/h7-10,13H,3-6,11H2,1-2H3. The molecule has 0 aliphatic carbocycles. The first-order valence-corrected chi connectivity index (χ1v) is 8.67. The smallest absolute Gasteiger partial charge is 0.421 e. The molecule has 2 aromatic rings. The molecule has 0 aliphatic heterocycles. The lowest BCUT2D eigenvalue weighted by Crippen LogP contribution is -2.19. The predicted molar refractivity (Wildman–Crippen MR) is 95.9 cm³/mol. The van der Waals surface area contributed by atoms with Crippen LogP contribution in [0.2, 0.25) is 0 Å². The van der Waals surface area contributed by atoms with Crippen LogP contribution >= 0.6 is 0 Å². The minimum absolute atomic E-state index is 0.0880. The topological polar surface area (TPSA) is 62.0 Å². The normalized spacial score (nSPS) is 11.1. The van der Waals surface area contributed by atoms with E-state index in [0.29, 0.717) is 17.9 Å². The highest BCUT2D eigenvalue weighted by Crippen LogP contribution is 2.37. The van der Waals surface area contributed by atoms with Gasteiger partial charge in [-0.1, -0.05) is 26.2 Å². The number of ether oxygens (including phenoxy) is 1. The molecule has 0 bridgehead atoms. The van der Waals surface area contributed by atoms with Gasteiger partial charge >= 0.3 is 12.2 Å². The van der Waals surface area contributed by atoms with Crippen molar-refractivity contribution in [2.24, 2.45) is 0 Å². The van der Waals surface area contributed by atoms with E-state index in [4.69, 9.17) is 10.00 Å². The number of hydrogen-bond donors (Lipinski definition) is 0. The maximum Gasteiger partial charge on any atom is 0.421 e. The number of halogens is 3. The summed E-state index contributed by atoms with van der Waals surface area (Å²) in [5.74, 6) is -0.300. The van der Waals surface area contributed by atoms with Crippen molar-refractivity contribution >= 4 is 11.5 Å². The van der Waals surface area contributed by atoms with Gasteiger partial charge in [0, 0.05) is 18.9 Å². The largest absolute Gasteiger partial charge is 0.463 e. The van der Waals surface area contributed by atoms with Crippen LogP contribution in [0.3, 0.4) is 0 Å². The van der Waals surface area contributed by atoms with Gasteiger partial charge in [-0.25, -0.2) is 4.98 Å². The first-order chi connectivity index (χ1) is 12.9. The van der Waals surface area contributed by atoms with Crippen molar-refractivity contribution in [3.63, 3.8) is 0 Å². The third-order valence-electron chi connectivity index (χ3n) is 3.98. The SMILES string of the molecule is CCCCCCOc1ncc(C(F)(F)F)c(N(C)c2ccc(C#N)cc2)n1. The highest BCUT2D eigenvalue weighted by molar-refractivity contribution is 5.63. The molecular formula is C19H21F3N4O. The molecule has 1 heterocycles. The average molecular weight is 378 g/mol. The van der Waals surface area contributed by atoms with Crippen LogP contribution in [0.15, 0.2) is 30.5 Å². The van der Waals surface area contributed by atoms with Crippen molar-refractivity contribution in [2.45, 2.75) is 38.8 Å². The van der Waals surface area contributed by atoms with Crippen molar-refractivity contribution in [2.75, 3.05) is 18.6 Å². The Morgan fingerprint density at radius 1 is 1.15 bits per heavy atom. The quantitative estimate of drug-likeness (QED) is 0.599. The maximum absolute atomic E-state index is 13.4. The molecule has 0 N–H and O–H groups in total. The van der Waals surface area contributed by atoms with Crippen molar-refractivity contribution in [1.29, 1.82) is 5.26 Å². The second kappa shape index (κ2) is 9.21. The van der Waals surface area contributed by atoms with Crippen LogP contribution in [0, 0.1) is 11.3 Å². The molecule has 0 aliphatic rings. The van der Waals surface area contributed by atoms with E-state index < -0.39 is 11.7 Å². The summed E-state index contributed by atoms with van der Waals surface area (Å²) in [6, 6.07) is 8.07. The minimum atomic E-state index is -4.60. The highest BCUT2D eigenvalue weighted by Gasteiger charge is 2.36. The molecule has 27 heavy (non-hydrogen) atoms. The summed E-state index contributed by atoms with van der Waals surface area (Å²) in [5, 5.41) is 8.86. The Balaban J connectivity index is 2.26. The molecule has 0 amide bonds. The van der Waals surface area contributed by atoms with E-state index in [9.17, 15) is 13.2 Å². The highest BCUT2D eigenvalue weighted by atomic mass is 19.4. The summed E-state index contributed by atoms with van der Waals surface area (Å²) in [4.78, 5) is 8.99. The number of nitriles is 1. The van der Waals surface area contributed by atoms with E-state index in [1.807, 2.05) is 6.07 Å². The zero-order valence-electron chi connectivity index (χ0n) is 15.3. The monoisotopic (exact) mass is 378 g/mol. The number of nitrogens with zero attached hydrogens (tertiary/aromatic N) is 4. The van der Waals surface area contributed by atoms with Crippen molar-refractivity contribution < 1.29 is 17.9 Å². The lowest BCUT2D eigenvalue weighted by molar-refractivity contribution is -0.137. The van der Waals surface area contributed by atoms with Crippen LogP contribution in [0.4, 0.5) is 24.7 Å². The Hall–Kier alpha value is -2.82. The van der Waals surface area contributed by atoms with Gasteiger partial charge in [-0.05, 0) is 30.7 Å². The lowest BCUT2D eigenvalue weighted by Gasteiger charge is -2.22. The Labute approximate surface area is 156 Å². The molecule has 5 nitrogen and oxygen atoms in total. The van der Waals surface area contributed by atoms with E-state index in [1.54, 1.807) is 12.1 Å². The third-order valence-corrected chi connectivity index (χ3v) is 3.98. The van der Waals surface area contributed by atoms with Crippen LogP contribution in [-0.4, -0.2) is 23.6 Å². The van der Waals surface area contributed by atoms with Crippen molar-refractivity contribution in [1.82, 2.24) is 9.97 Å². The Morgan fingerprint density at radius 2 is 1.85 bits per heavy atom. The van der Waals surface area contributed by atoms with Gasteiger partial charge in [0.1, 0.15) is 5.56 Å². The molecule has 1 aromatic carbocycles. The summed E-state index contributed by atoms with van der Waals surface area (Å²) < 4.78 is 45.6. The number of unbranched alkanes of at least 4 members (excludes halogenated alkanes) is 3. The maximum atomic E-state index is 13.4. The summed E-state index contributed by atoms with van der Waals surface area (Å²) in [6.07, 6.45) is 0.0636. The van der Waals surface area contributed by atoms with Crippen LogP contribution in [0.5, 0.6) is 6.01 Å². The zero-order valence-corrected chi connectivity index (χ0v) is 15.3. The van der Waals surface area contributed by atoms with E-state index in [1.165, 1.54) is 24.1 Å². The first kappa shape index (κ1) is 20.5. The van der Waals surface area contributed by atoms with Gasteiger partial charge in [0.05, 0.1) is 18.2 Å². The molecule has 0 unspecified atom stereocenters. The van der Waals surface area contributed by atoms with Gasteiger partial charge in [0.25, 0.3) is 0 Å². The zero-order chi connectivity index (χ0) is 19.9. The van der Waals surface area contributed by atoms with Gasteiger partial charge in [0.2, 0.25) is 0 Å². The molecule has 8 heteroatoms. The van der Waals surface area contributed by atoms with Crippen LogP contribution in [0.1, 0.15) is 43.7 Å². The van der Waals surface area contributed by atoms with Crippen LogP contribution in [0.25, 0.3) is 0 Å². The molecule has 2 rings (SSSR count). The van der Waals surface area contributed by atoms with Crippen molar-refractivity contribution in [3.05, 3.63) is 41.6 Å².